The molecular formula is C21H21NO4S. The molecule has 140 valence electrons. The van der Waals surface area contributed by atoms with E-state index in [1.807, 2.05) is 6.92 Å². The predicted octanol–water partition coefficient (Wildman–Crippen LogP) is 4.54. The highest BCUT2D eigenvalue weighted by Crippen LogP contribution is 2.34. The first-order valence-electron chi connectivity index (χ1n) is 8.36. The van der Waals surface area contributed by atoms with E-state index >= 15 is 0 Å². The predicted molar refractivity (Wildman–Crippen MR) is 106 cm³/mol. The van der Waals surface area contributed by atoms with E-state index in [1.54, 1.807) is 87.0 Å². The van der Waals surface area contributed by atoms with Crippen LogP contribution in [0, 0.1) is 6.92 Å². The van der Waals surface area contributed by atoms with Gasteiger partial charge in [0.1, 0.15) is 11.5 Å². The van der Waals surface area contributed by atoms with Crippen LogP contribution in [-0.2, 0) is 10.0 Å². The molecule has 6 heteroatoms. The van der Waals surface area contributed by atoms with Crippen molar-refractivity contribution in [3.05, 3.63) is 78.4 Å². The standard InChI is InChI=1S/C21H21NO4S/c1-16-4-14-21(15-5-16)27(23,24)22(17-6-10-19(25-2)11-7-17)18-8-12-20(26-3)13-9-18/h4-15H,1-3H3. The Bertz CT molecular complexity index is 948. The Morgan fingerprint density at radius 2 is 1.07 bits per heavy atom. The van der Waals surface area contributed by atoms with Gasteiger partial charge in [0, 0.05) is 0 Å². The van der Waals surface area contributed by atoms with Crippen LogP contribution >= 0.6 is 0 Å². The van der Waals surface area contributed by atoms with Crippen LogP contribution in [0.15, 0.2) is 77.7 Å². The minimum absolute atomic E-state index is 0.222. The van der Waals surface area contributed by atoms with E-state index in [9.17, 15) is 8.42 Å². The summed E-state index contributed by atoms with van der Waals surface area (Å²) >= 11 is 0. The monoisotopic (exact) mass is 383 g/mol. The van der Waals surface area contributed by atoms with Gasteiger partial charge in [-0.1, -0.05) is 17.7 Å². The number of sulfonamides is 1. The Morgan fingerprint density at radius 1 is 0.667 bits per heavy atom. The molecule has 0 radical (unpaired) electrons. The van der Waals surface area contributed by atoms with Gasteiger partial charge in [0.15, 0.2) is 0 Å². The van der Waals surface area contributed by atoms with Crippen molar-refractivity contribution in [1.29, 1.82) is 0 Å². The summed E-state index contributed by atoms with van der Waals surface area (Å²) in [6, 6.07) is 20.6. The van der Waals surface area contributed by atoms with E-state index in [2.05, 4.69) is 0 Å². The summed E-state index contributed by atoms with van der Waals surface area (Å²) in [4.78, 5) is 0.222. The van der Waals surface area contributed by atoms with Gasteiger partial charge in [0.05, 0.1) is 30.5 Å². The van der Waals surface area contributed by atoms with E-state index < -0.39 is 10.0 Å². The lowest BCUT2D eigenvalue weighted by atomic mass is 10.2. The molecule has 3 aromatic rings. The number of hydrogen-bond acceptors (Lipinski definition) is 4. The second-order valence-corrected chi connectivity index (χ2v) is 7.77. The quantitative estimate of drug-likeness (QED) is 0.627. The van der Waals surface area contributed by atoms with Crippen LogP contribution in [0.25, 0.3) is 0 Å². The SMILES string of the molecule is COc1ccc(N(c2ccc(OC)cc2)S(=O)(=O)c2ccc(C)cc2)cc1. The number of nitrogens with zero attached hydrogens (tertiary/aromatic N) is 1. The van der Waals surface area contributed by atoms with Crippen molar-refractivity contribution in [3.8, 4) is 11.5 Å². The maximum atomic E-state index is 13.4. The maximum Gasteiger partial charge on any atom is 0.268 e. The van der Waals surface area contributed by atoms with Crippen molar-refractivity contribution < 1.29 is 17.9 Å². The molecule has 0 spiro atoms. The zero-order valence-corrected chi connectivity index (χ0v) is 16.2. The summed E-state index contributed by atoms with van der Waals surface area (Å²) in [5.41, 5.74) is 2.03. The second kappa shape index (κ2) is 7.72. The first-order valence-corrected chi connectivity index (χ1v) is 9.80. The highest BCUT2D eigenvalue weighted by molar-refractivity contribution is 7.93. The Balaban J connectivity index is 2.14. The molecule has 0 saturated carbocycles. The molecule has 0 N–H and O–H groups in total. The van der Waals surface area contributed by atoms with E-state index in [1.165, 1.54) is 4.31 Å². The topological polar surface area (TPSA) is 55.8 Å². The fourth-order valence-electron chi connectivity index (χ4n) is 2.68. The van der Waals surface area contributed by atoms with Crippen LogP contribution in [-0.4, -0.2) is 22.6 Å². The molecule has 0 saturated heterocycles. The average molecular weight is 383 g/mol. The van der Waals surface area contributed by atoms with Crippen LogP contribution < -0.4 is 13.8 Å². The van der Waals surface area contributed by atoms with Crippen molar-refractivity contribution in [2.24, 2.45) is 0 Å². The minimum Gasteiger partial charge on any atom is -0.497 e. The minimum atomic E-state index is -3.81. The number of methoxy groups -OCH3 is 2. The molecule has 0 aliphatic heterocycles. The Kier molecular flexibility index (Phi) is 5.37. The molecule has 3 rings (SSSR count). The molecule has 5 nitrogen and oxygen atoms in total. The Hall–Kier alpha value is -2.99. The summed E-state index contributed by atoms with van der Waals surface area (Å²) < 4.78 is 38.5. The molecule has 0 unspecified atom stereocenters. The van der Waals surface area contributed by atoms with Crippen LogP contribution in [0.3, 0.4) is 0 Å². The first kappa shape index (κ1) is 18.8. The van der Waals surface area contributed by atoms with Gasteiger partial charge < -0.3 is 9.47 Å². The molecule has 3 aromatic carbocycles. The summed E-state index contributed by atoms with van der Waals surface area (Å²) in [5, 5.41) is 0. The van der Waals surface area contributed by atoms with E-state index in [-0.39, 0.29) is 4.90 Å². The van der Waals surface area contributed by atoms with Crippen molar-refractivity contribution in [2.75, 3.05) is 18.5 Å². The highest BCUT2D eigenvalue weighted by atomic mass is 32.2. The summed E-state index contributed by atoms with van der Waals surface area (Å²) in [6.45, 7) is 1.92. The average Bonchev–Trinajstić information content (AvgIpc) is 2.69. The number of anilines is 2. The number of aryl methyl sites for hydroxylation is 1. The number of hydrogen-bond donors (Lipinski definition) is 0. The normalized spacial score (nSPS) is 11.1. The maximum absolute atomic E-state index is 13.4. The third-order valence-corrected chi connectivity index (χ3v) is 5.94. The van der Waals surface area contributed by atoms with Gasteiger partial charge in [-0.25, -0.2) is 12.7 Å². The van der Waals surface area contributed by atoms with Gasteiger partial charge in [0.2, 0.25) is 0 Å². The first-order chi connectivity index (χ1) is 13.0. The third kappa shape index (κ3) is 3.90. The molecule has 0 amide bonds. The van der Waals surface area contributed by atoms with Gasteiger partial charge in [0.25, 0.3) is 10.0 Å². The molecule has 0 aromatic heterocycles. The molecule has 27 heavy (non-hydrogen) atoms. The van der Waals surface area contributed by atoms with Gasteiger partial charge in [-0.2, -0.15) is 0 Å². The summed E-state index contributed by atoms with van der Waals surface area (Å²) in [7, 11) is -0.674. The van der Waals surface area contributed by atoms with Crippen LogP contribution in [0.1, 0.15) is 5.56 Å². The zero-order valence-electron chi connectivity index (χ0n) is 15.4. The lowest BCUT2D eigenvalue weighted by Crippen LogP contribution is -2.26. The third-order valence-electron chi connectivity index (χ3n) is 4.17. The lowest BCUT2D eigenvalue weighted by molar-refractivity contribution is 0.415. The molecular weight excluding hydrogens is 362 g/mol. The summed E-state index contributed by atoms with van der Waals surface area (Å²) in [5.74, 6) is 1.31. The van der Waals surface area contributed by atoms with Gasteiger partial charge in [-0.3, -0.25) is 0 Å². The van der Waals surface area contributed by atoms with Gasteiger partial charge in [-0.15, -0.1) is 0 Å². The number of rotatable bonds is 6. The Morgan fingerprint density at radius 3 is 1.44 bits per heavy atom. The van der Waals surface area contributed by atoms with E-state index in [0.29, 0.717) is 22.9 Å². The fourth-order valence-corrected chi connectivity index (χ4v) is 4.17. The van der Waals surface area contributed by atoms with Crippen LogP contribution in [0.4, 0.5) is 11.4 Å². The van der Waals surface area contributed by atoms with Crippen LogP contribution in [0.5, 0.6) is 11.5 Å². The largest absolute Gasteiger partial charge is 0.497 e. The molecule has 0 heterocycles. The van der Waals surface area contributed by atoms with Gasteiger partial charge in [-0.05, 0) is 67.6 Å². The Labute approximate surface area is 159 Å². The van der Waals surface area contributed by atoms with Crippen molar-refractivity contribution in [1.82, 2.24) is 0 Å². The zero-order chi connectivity index (χ0) is 19.4. The molecule has 0 atom stereocenters. The van der Waals surface area contributed by atoms with Gasteiger partial charge >= 0.3 is 0 Å². The van der Waals surface area contributed by atoms with Crippen LogP contribution in [0.2, 0.25) is 0 Å². The smallest absolute Gasteiger partial charge is 0.268 e. The van der Waals surface area contributed by atoms with E-state index in [0.717, 1.165) is 5.56 Å². The fraction of sp³-hybridized carbons (Fsp3) is 0.143. The summed E-state index contributed by atoms with van der Waals surface area (Å²) in [6.07, 6.45) is 0. The van der Waals surface area contributed by atoms with E-state index in [4.69, 9.17) is 9.47 Å². The number of benzene rings is 3. The molecule has 0 aliphatic rings. The highest BCUT2D eigenvalue weighted by Gasteiger charge is 2.26. The lowest BCUT2D eigenvalue weighted by Gasteiger charge is -2.25. The van der Waals surface area contributed by atoms with Crippen molar-refractivity contribution in [3.63, 3.8) is 0 Å². The molecule has 0 bridgehead atoms. The van der Waals surface area contributed by atoms with Crippen molar-refractivity contribution in [2.45, 2.75) is 11.8 Å². The molecule has 0 aliphatic carbocycles. The molecule has 0 fully saturated rings. The second-order valence-electron chi connectivity index (χ2n) is 5.98. The van der Waals surface area contributed by atoms with Crippen molar-refractivity contribution >= 4 is 21.4 Å². The number of ether oxygens (including phenoxy) is 2.